The summed E-state index contributed by atoms with van der Waals surface area (Å²) >= 11 is 7.94. The Kier molecular flexibility index (Phi) is 18.9. The van der Waals surface area contributed by atoms with Crippen molar-refractivity contribution < 1.29 is 49.6 Å². The number of Topliss-reactive ketones (excluding diaryl/α,β-unsaturated/α-hetero) is 1. The van der Waals surface area contributed by atoms with Gasteiger partial charge in [-0.15, -0.1) is 11.8 Å². The number of morpholine rings is 1. The van der Waals surface area contributed by atoms with E-state index in [1.54, 1.807) is 62.9 Å². The lowest BCUT2D eigenvalue weighted by atomic mass is 9.84. The molecule has 5 aromatic carbocycles. The van der Waals surface area contributed by atoms with Crippen molar-refractivity contribution in [2.75, 3.05) is 75.4 Å². The maximum atomic E-state index is 13.9. The van der Waals surface area contributed by atoms with Crippen molar-refractivity contribution in [2.24, 2.45) is 11.8 Å². The average molecular weight is 1070 g/mol. The molecule has 1 N–H and O–H groups in total. The number of hydrogen-bond acceptors (Lipinski definition) is 13. The molecule has 0 radical (unpaired) electrons. The van der Waals surface area contributed by atoms with Crippen molar-refractivity contribution in [1.82, 2.24) is 4.90 Å². The number of nitrogens with zero attached hydrogens (tertiary/aromatic N) is 2. The van der Waals surface area contributed by atoms with Crippen LogP contribution in [-0.4, -0.2) is 109 Å². The normalized spacial score (nSPS) is 17.1. The molecule has 1 unspecified atom stereocenters. The van der Waals surface area contributed by atoms with Crippen LogP contribution >= 0.6 is 31.2 Å². The lowest BCUT2D eigenvalue weighted by Crippen LogP contribution is -2.37. The third-order valence-corrected chi connectivity index (χ3v) is 18.1. The molecular formula is C53H64ClN2O11PS3. The smallest absolute Gasteiger partial charge is 0.379 e. The second-order valence-electron chi connectivity index (χ2n) is 19.1. The number of hydrogen-bond donors (Lipinski definition) is 1. The summed E-state index contributed by atoms with van der Waals surface area (Å²) in [5, 5.41) is 0.607. The second kappa shape index (κ2) is 24.4. The van der Waals surface area contributed by atoms with Crippen LogP contribution in [0.4, 0.5) is 5.69 Å². The summed E-state index contributed by atoms with van der Waals surface area (Å²) in [6.07, 6.45) is 3.21. The molecule has 0 spiro atoms. The monoisotopic (exact) mass is 1070 g/mol. The van der Waals surface area contributed by atoms with Crippen LogP contribution in [0.3, 0.4) is 0 Å². The Labute approximate surface area is 428 Å². The number of ketones is 1. The number of anilines is 1. The number of thioether (sulfide) groups is 1. The second-order valence-corrected chi connectivity index (χ2v) is 26.0. The van der Waals surface area contributed by atoms with Crippen molar-refractivity contribution in [3.63, 3.8) is 0 Å². The van der Waals surface area contributed by atoms with Crippen molar-refractivity contribution in [3.8, 4) is 11.1 Å². The van der Waals surface area contributed by atoms with Crippen LogP contribution in [0.2, 0.25) is 5.02 Å². The number of halogens is 1. The lowest BCUT2D eigenvalue weighted by Gasteiger charge is -2.38. The molecule has 71 heavy (non-hydrogen) atoms. The number of benzene rings is 5. The van der Waals surface area contributed by atoms with Crippen LogP contribution in [-0.2, 0) is 49.2 Å². The van der Waals surface area contributed by atoms with Gasteiger partial charge in [0.2, 0.25) is 0 Å². The highest BCUT2D eigenvalue weighted by molar-refractivity contribution is 7.99. The molecule has 7 rings (SSSR count). The van der Waals surface area contributed by atoms with E-state index in [0.29, 0.717) is 56.2 Å². The first-order valence-corrected chi connectivity index (χ1v) is 30.2. The van der Waals surface area contributed by atoms with Gasteiger partial charge in [-0.25, -0.2) is 21.4 Å². The summed E-state index contributed by atoms with van der Waals surface area (Å²) in [4.78, 5) is 29.4. The van der Waals surface area contributed by atoms with E-state index in [1.165, 1.54) is 12.1 Å². The first-order chi connectivity index (χ1) is 33.7. The summed E-state index contributed by atoms with van der Waals surface area (Å²) in [5.41, 5.74) is 3.46. The van der Waals surface area contributed by atoms with Crippen molar-refractivity contribution in [3.05, 3.63) is 143 Å². The number of phosphoric ester groups is 1. The molecular weight excluding hydrogens is 1000 g/mol. The van der Waals surface area contributed by atoms with E-state index in [2.05, 4.69) is 21.9 Å². The minimum Gasteiger partial charge on any atom is -0.379 e. The number of sulfone groups is 2. The number of piperidine rings is 1. The van der Waals surface area contributed by atoms with E-state index in [0.717, 1.165) is 65.3 Å². The Balaban J connectivity index is 1.01. The number of carbonyl (C=O) groups is 1. The van der Waals surface area contributed by atoms with Crippen LogP contribution in [0, 0.1) is 11.8 Å². The zero-order valence-electron chi connectivity index (χ0n) is 40.7. The minimum absolute atomic E-state index is 0.0197. The molecule has 382 valence electrons. The number of carbonyl (C=O) groups excluding carboxylic acids is 1. The summed E-state index contributed by atoms with van der Waals surface area (Å²) in [5.74, 6) is -0.600. The Bertz CT molecular complexity index is 2840. The molecule has 5 aromatic rings. The molecule has 0 amide bonds. The van der Waals surface area contributed by atoms with Gasteiger partial charge in [0.05, 0.1) is 34.7 Å². The summed E-state index contributed by atoms with van der Waals surface area (Å²) in [7, 11) is -12.5. The standard InChI is InChI=1S/C53H64ClN2O11PS3/c1-53(2,3)67-68(58,59)66-38-65-52(49-13-9-8-12-48(49)40-14-19-44(54)20-15-40)42-25-28-56(29-26-42)45-21-16-41(17-22-45)50(57)37-71(62,63)47-23-18-43(51(35-47)70(4,60)61)34-39(24-27-55-30-32-64-33-31-55)36-69-46-10-6-5-7-11-46/h5-23,35,39,42,52H,24-34,36-38H2,1-4H3,(H,58,59)/t39-,52+/m0/s1. The lowest BCUT2D eigenvalue weighted by molar-refractivity contribution is -0.0830. The maximum Gasteiger partial charge on any atom is 0.474 e. The molecule has 13 nitrogen and oxygen atoms in total. The summed E-state index contributed by atoms with van der Waals surface area (Å²) < 4.78 is 89.5. The molecule has 2 aliphatic heterocycles. The largest absolute Gasteiger partial charge is 0.474 e. The minimum atomic E-state index is -4.43. The van der Waals surface area contributed by atoms with Gasteiger partial charge in [-0.05, 0) is 148 Å². The summed E-state index contributed by atoms with van der Waals surface area (Å²) in [6.45, 7) is 9.64. The van der Waals surface area contributed by atoms with E-state index >= 15 is 0 Å². The highest BCUT2D eigenvalue weighted by atomic mass is 35.5. The van der Waals surface area contributed by atoms with Gasteiger partial charge in [0.1, 0.15) is 5.75 Å². The fraction of sp³-hybridized carbons (Fsp3) is 0.415. The first kappa shape index (κ1) is 54.9. The van der Waals surface area contributed by atoms with Crippen LogP contribution in [0.25, 0.3) is 11.1 Å². The predicted molar refractivity (Wildman–Crippen MR) is 281 cm³/mol. The van der Waals surface area contributed by atoms with Crippen LogP contribution in [0.15, 0.2) is 136 Å². The molecule has 3 atom stereocenters. The highest BCUT2D eigenvalue weighted by Crippen LogP contribution is 2.48. The Hall–Kier alpha value is -3.90. The van der Waals surface area contributed by atoms with E-state index < -0.39 is 57.5 Å². The van der Waals surface area contributed by atoms with Gasteiger partial charge in [-0.1, -0.05) is 72.3 Å². The van der Waals surface area contributed by atoms with Crippen LogP contribution in [0.5, 0.6) is 0 Å². The number of ether oxygens (including phenoxy) is 2. The van der Waals surface area contributed by atoms with Crippen molar-refractivity contribution in [2.45, 2.75) is 72.8 Å². The molecule has 0 aromatic heterocycles. The fourth-order valence-corrected chi connectivity index (χ4v) is 13.5. The fourth-order valence-electron chi connectivity index (χ4n) is 9.04. The Morgan fingerprint density at radius 1 is 0.873 bits per heavy atom. The average Bonchev–Trinajstić information content (AvgIpc) is 3.33. The molecule has 0 saturated carbocycles. The third-order valence-electron chi connectivity index (χ3n) is 12.6. The molecule has 2 aliphatic rings. The molecule has 2 saturated heterocycles. The van der Waals surface area contributed by atoms with Gasteiger partial charge >= 0.3 is 7.82 Å². The quantitative estimate of drug-likeness (QED) is 0.0301. The number of phosphoric acid groups is 1. The van der Waals surface area contributed by atoms with Crippen molar-refractivity contribution in [1.29, 1.82) is 0 Å². The topological polar surface area (TPSA) is 166 Å². The third kappa shape index (κ3) is 16.0. The van der Waals surface area contributed by atoms with Gasteiger partial charge in [0.25, 0.3) is 0 Å². The highest BCUT2D eigenvalue weighted by Gasteiger charge is 2.34. The van der Waals surface area contributed by atoms with Crippen LogP contribution in [0.1, 0.15) is 67.6 Å². The van der Waals surface area contributed by atoms with E-state index in [9.17, 15) is 31.1 Å². The van der Waals surface area contributed by atoms with Crippen molar-refractivity contribution >= 4 is 62.3 Å². The van der Waals surface area contributed by atoms with Gasteiger partial charge in [-0.3, -0.25) is 18.7 Å². The first-order valence-electron chi connectivity index (χ1n) is 23.8. The predicted octanol–water partition coefficient (Wildman–Crippen LogP) is 10.6. The van der Waals surface area contributed by atoms with E-state index in [1.807, 2.05) is 66.7 Å². The molecule has 18 heteroatoms. The maximum absolute atomic E-state index is 13.9. The number of rotatable bonds is 22. The zero-order chi connectivity index (χ0) is 50.8. The van der Waals surface area contributed by atoms with Gasteiger partial charge in [0, 0.05) is 59.4 Å². The summed E-state index contributed by atoms with van der Waals surface area (Å²) in [6, 6.07) is 36.5. The zero-order valence-corrected chi connectivity index (χ0v) is 44.8. The Morgan fingerprint density at radius 3 is 2.20 bits per heavy atom. The van der Waals surface area contributed by atoms with Gasteiger partial charge in [0.15, 0.2) is 32.3 Å². The van der Waals surface area contributed by atoms with Gasteiger partial charge in [-0.2, -0.15) is 0 Å². The molecule has 2 heterocycles. The van der Waals surface area contributed by atoms with Crippen LogP contribution < -0.4 is 4.90 Å². The Morgan fingerprint density at radius 2 is 1.54 bits per heavy atom. The SMILES string of the molecule is CC(C)(C)OP(=O)(O)OCO[C@@H](c1ccccc1-c1ccc(Cl)cc1)C1CCN(c2ccc(C(=O)CS(=O)(=O)c3ccc(C[C@H](CCN4CCOCC4)CSc4ccccc4)c(S(C)(=O)=O)c3)cc2)CC1. The van der Waals surface area contributed by atoms with E-state index in [4.69, 9.17) is 30.1 Å². The van der Waals surface area contributed by atoms with Gasteiger partial charge < -0.3 is 19.3 Å². The molecule has 2 fully saturated rings. The van der Waals surface area contributed by atoms with E-state index in [-0.39, 0.29) is 27.2 Å². The molecule has 0 bridgehead atoms. The molecule has 0 aliphatic carbocycles.